The maximum absolute atomic E-state index is 10.7. The number of aldehydes is 1. The van der Waals surface area contributed by atoms with Gasteiger partial charge in [0.05, 0.1) is 17.2 Å². The van der Waals surface area contributed by atoms with Gasteiger partial charge < -0.3 is 9.47 Å². The number of hydrogen-bond acceptors (Lipinski definition) is 3. The molecule has 0 saturated carbocycles. The van der Waals surface area contributed by atoms with Gasteiger partial charge in [-0.05, 0) is 24.3 Å². The molecule has 0 heterocycles. The van der Waals surface area contributed by atoms with E-state index in [1.54, 1.807) is 43.5 Å². The van der Waals surface area contributed by atoms with Gasteiger partial charge in [0.1, 0.15) is 17.2 Å². The van der Waals surface area contributed by atoms with Gasteiger partial charge in [0.25, 0.3) is 0 Å². The maximum atomic E-state index is 10.7. The highest BCUT2D eigenvalue weighted by molar-refractivity contribution is 6.33. The van der Waals surface area contributed by atoms with Crippen molar-refractivity contribution in [3.63, 3.8) is 0 Å². The summed E-state index contributed by atoms with van der Waals surface area (Å²) >= 11 is 12.0. The van der Waals surface area contributed by atoms with E-state index in [9.17, 15) is 4.79 Å². The lowest BCUT2D eigenvalue weighted by molar-refractivity contribution is 0.112. The van der Waals surface area contributed by atoms with Crippen LogP contribution in [0.5, 0.6) is 17.2 Å². The van der Waals surface area contributed by atoms with Gasteiger partial charge in [-0.1, -0.05) is 23.2 Å². The van der Waals surface area contributed by atoms with Crippen molar-refractivity contribution >= 4 is 29.5 Å². The third-order valence-corrected chi connectivity index (χ3v) is 3.09. The summed E-state index contributed by atoms with van der Waals surface area (Å²) in [6.45, 7) is 0. The second-order valence-electron chi connectivity index (χ2n) is 3.70. The molecule has 0 aliphatic carbocycles. The molecule has 3 nitrogen and oxygen atoms in total. The van der Waals surface area contributed by atoms with Gasteiger partial charge in [-0.2, -0.15) is 0 Å². The van der Waals surface area contributed by atoms with Gasteiger partial charge in [-0.3, -0.25) is 4.79 Å². The van der Waals surface area contributed by atoms with E-state index in [0.29, 0.717) is 39.1 Å². The second kappa shape index (κ2) is 5.95. The molecule has 2 aromatic carbocycles. The molecule has 0 atom stereocenters. The van der Waals surface area contributed by atoms with Gasteiger partial charge in [0.2, 0.25) is 0 Å². The highest BCUT2D eigenvalue weighted by atomic mass is 35.5. The molecule has 0 aliphatic heterocycles. The zero-order valence-corrected chi connectivity index (χ0v) is 11.5. The molecule has 0 saturated heterocycles. The summed E-state index contributed by atoms with van der Waals surface area (Å²) in [7, 11) is 1.56. The minimum Gasteiger partial charge on any atom is -0.497 e. The number of carbonyl (C=O) groups is 1. The molecule has 0 amide bonds. The lowest BCUT2D eigenvalue weighted by Crippen LogP contribution is -1.89. The van der Waals surface area contributed by atoms with Crippen LogP contribution in [0.1, 0.15) is 10.4 Å². The van der Waals surface area contributed by atoms with Crippen molar-refractivity contribution in [1.82, 2.24) is 0 Å². The van der Waals surface area contributed by atoms with Gasteiger partial charge in [-0.15, -0.1) is 0 Å². The predicted molar refractivity (Wildman–Crippen MR) is 74.9 cm³/mol. The van der Waals surface area contributed by atoms with E-state index >= 15 is 0 Å². The highest BCUT2D eigenvalue weighted by Crippen LogP contribution is 2.33. The summed E-state index contributed by atoms with van der Waals surface area (Å²) in [6.07, 6.45) is 0.687. The molecule has 19 heavy (non-hydrogen) atoms. The van der Waals surface area contributed by atoms with Crippen LogP contribution in [0.4, 0.5) is 0 Å². The quantitative estimate of drug-likeness (QED) is 0.773. The lowest BCUT2D eigenvalue weighted by atomic mass is 10.2. The van der Waals surface area contributed by atoms with Crippen LogP contribution in [-0.2, 0) is 0 Å². The van der Waals surface area contributed by atoms with Gasteiger partial charge in [-0.25, -0.2) is 0 Å². The lowest BCUT2D eigenvalue weighted by Gasteiger charge is -2.09. The van der Waals surface area contributed by atoms with Crippen LogP contribution in [0.15, 0.2) is 36.4 Å². The van der Waals surface area contributed by atoms with Gasteiger partial charge in [0, 0.05) is 17.7 Å². The Bertz CT molecular complexity index is 612. The summed E-state index contributed by atoms with van der Waals surface area (Å²) in [5.41, 5.74) is 0.412. The number of hydrogen-bond donors (Lipinski definition) is 0. The fourth-order valence-electron chi connectivity index (χ4n) is 1.49. The number of methoxy groups -OCH3 is 1. The van der Waals surface area contributed by atoms with Crippen molar-refractivity contribution in [3.05, 3.63) is 52.0 Å². The van der Waals surface area contributed by atoms with E-state index < -0.39 is 0 Å². The van der Waals surface area contributed by atoms with Crippen molar-refractivity contribution in [3.8, 4) is 17.2 Å². The minimum absolute atomic E-state index is 0.331. The van der Waals surface area contributed by atoms with Crippen LogP contribution in [0.3, 0.4) is 0 Å². The average molecular weight is 297 g/mol. The van der Waals surface area contributed by atoms with E-state index in [1.807, 2.05) is 0 Å². The molecule has 0 spiro atoms. The normalized spacial score (nSPS) is 10.1. The molecule has 2 rings (SSSR count). The first-order valence-corrected chi connectivity index (χ1v) is 6.15. The molecule has 5 heteroatoms. The highest BCUT2D eigenvalue weighted by Gasteiger charge is 2.07. The van der Waals surface area contributed by atoms with E-state index in [2.05, 4.69) is 0 Å². The van der Waals surface area contributed by atoms with E-state index in [1.165, 1.54) is 0 Å². The minimum atomic E-state index is 0.331. The van der Waals surface area contributed by atoms with Crippen molar-refractivity contribution in [2.45, 2.75) is 0 Å². The van der Waals surface area contributed by atoms with Crippen LogP contribution in [0, 0.1) is 0 Å². The van der Waals surface area contributed by atoms with Crippen LogP contribution in [0.25, 0.3) is 0 Å². The Morgan fingerprint density at radius 1 is 1.00 bits per heavy atom. The maximum Gasteiger partial charge on any atom is 0.151 e. The molecular weight excluding hydrogens is 287 g/mol. The Hall–Kier alpha value is -1.71. The summed E-state index contributed by atoms with van der Waals surface area (Å²) in [6, 6.07) is 9.88. The number of ether oxygens (including phenoxy) is 2. The fraction of sp³-hybridized carbons (Fsp3) is 0.0714. The Labute approximate surface area is 120 Å². The smallest absolute Gasteiger partial charge is 0.151 e. The predicted octanol–water partition coefficient (Wildman–Crippen LogP) is 4.61. The molecule has 2 aromatic rings. The first kappa shape index (κ1) is 13.7. The first-order chi connectivity index (χ1) is 9.13. The number of halogens is 2. The zero-order valence-electron chi connectivity index (χ0n) is 10.0. The topological polar surface area (TPSA) is 35.5 Å². The largest absolute Gasteiger partial charge is 0.497 e. The summed E-state index contributed by atoms with van der Waals surface area (Å²) < 4.78 is 10.7. The SMILES string of the molecule is COc1ccc(Oc2ccc(C=O)c(Cl)c2)c(Cl)c1. The zero-order chi connectivity index (χ0) is 13.8. The van der Waals surface area contributed by atoms with Crippen molar-refractivity contribution < 1.29 is 14.3 Å². The van der Waals surface area contributed by atoms with Gasteiger partial charge in [0.15, 0.2) is 6.29 Å². The summed E-state index contributed by atoms with van der Waals surface area (Å²) in [5.74, 6) is 1.63. The first-order valence-electron chi connectivity index (χ1n) is 5.40. The van der Waals surface area contributed by atoms with Crippen molar-refractivity contribution in [2.24, 2.45) is 0 Å². The van der Waals surface area contributed by atoms with Crippen molar-refractivity contribution in [2.75, 3.05) is 7.11 Å². The monoisotopic (exact) mass is 296 g/mol. The molecule has 0 unspecified atom stereocenters. The molecule has 0 radical (unpaired) electrons. The van der Waals surface area contributed by atoms with Crippen molar-refractivity contribution in [1.29, 1.82) is 0 Å². The van der Waals surface area contributed by atoms with Crippen LogP contribution < -0.4 is 9.47 Å². The Morgan fingerprint density at radius 3 is 2.26 bits per heavy atom. The standard InChI is InChI=1S/C14H10Cl2O3/c1-18-10-4-5-14(13(16)6-10)19-11-3-2-9(8-17)12(15)7-11/h2-8H,1H3. The van der Waals surface area contributed by atoms with Crippen LogP contribution >= 0.6 is 23.2 Å². The number of rotatable bonds is 4. The third-order valence-electron chi connectivity index (χ3n) is 2.47. The van der Waals surface area contributed by atoms with Crippen LogP contribution in [0.2, 0.25) is 10.0 Å². The molecule has 0 bridgehead atoms. The molecule has 98 valence electrons. The molecular formula is C14H10Cl2O3. The summed E-state index contributed by atoms with van der Waals surface area (Å²) in [5, 5.41) is 0.757. The van der Waals surface area contributed by atoms with E-state index in [4.69, 9.17) is 32.7 Å². The number of benzene rings is 2. The second-order valence-corrected chi connectivity index (χ2v) is 4.51. The van der Waals surface area contributed by atoms with Crippen LogP contribution in [-0.4, -0.2) is 13.4 Å². The average Bonchev–Trinajstić information content (AvgIpc) is 2.41. The number of carbonyl (C=O) groups excluding carboxylic acids is 1. The molecule has 0 aliphatic rings. The third kappa shape index (κ3) is 3.19. The fourth-order valence-corrected chi connectivity index (χ4v) is 1.91. The molecule has 0 aromatic heterocycles. The molecule has 0 fully saturated rings. The Morgan fingerprint density at radius 2 is 1.68 bits per heavy atom. The Balaban J connectivity index is 2.26. The molecule has 0 N–H and O–H groups in total. The Kier molecular flexibility index (Phi) is 4.30. The van der Waals surface area contributed by atoms with E-state index in [-0.39, 0.29) is 0 Å². The van der Waals surface area contributed by atoms with E-state index in [0.717, 1.165) is 0 Å². The van der Waals surface area contributed by atoms with Gasteiger partial charge >= 0.3 is 0 Å². The summed E-state index contributed by atoms with van der Waals surface area (Å²) in [4.78, 5) is 10.7.